The summed E-state index contributed by atoms with van der Waals surface area (Å²) in [5.41, 5.74) is -0.299. The number of fused-ring (bicyclic) bond motifs is 2. The molecule has 0 bridgehead atoms. The molecule has 46 heavy (non-hydrogen) atoms. The van der Waals surface area contributed by atoms with E-state index >= 15 is 4.39 Å². The number of rotatable bonds is 7. The summed E-state index contributed by atoms with van der Waals surface area (Å²) in [5.74, 6) is 0.775. The van der Waals surface area contributed by atoms with E-state index in [0.29, 0.717) is 37.4 Å². The quantitative estimate of drug-likeness (QED) is 0.458. The molecule has 1 spiro atoms. The van der Waals surface area contributed by atoms with Gasteiger partial charge in [-0.2, -0.15) is 0 Å². The van der Waals surface area contributed by atoms with Crippen LogP contribution in [0.15, 0.2) is 18.3 Å². The van der Waals surface area contributed by atoms with Crippen LogP contribution in [0.2, 0.25) is 0 Å². The van der Waals surface area contributed by atoms with Crippen LogP contribution in [0.5, 0.6) is 11.6 Å². The normalized spacial score (nSPS) is 20.8. The molecule has 3 aliphatic heterocycles. The van der Waals surface area contributed by atoms with Gasteiger partial charge in [0.05, 0.1) is 18.3 Å². The van der Waals surface area contributed by atoms with E-state index in [4.69, 9.17) is 18.9 Å². The second kappa shape index (κ2) is 11.9. The summed E-state index contributed by atoms with van der Waals surface area (Å²) >= 11 is 0. The number of likely N-dealkylation sites (tertiary alicyclic amines) is 1. The van der Waals surface area contributed by atoms with Gasteiger partial charge >= 0.3 is 12.2 Å². The molecule has 3 amide bonds. The fourth-order valence-corrected chi connectivity index (χ4v) is 6.40. The van der Waals surface area contributed by atoms with Gasteiger partial charge in [-0.1, -0.05) is 0 Å². The van der Waals surface area contributed by atoms with Gasteiger partial charge in [0, 0.05) is 38.5 Å². The number of hydrogen-bond acceptors (Lipinski definition) is 10. The number of amides is 3. The summed E-state index contributed by atoms with van der Waals surface area (Å²) in [7, 11) is 0. The number of ether oxygens (including phenoxy) is 4. The van der Waals surface area contributed by atoms with Crippen molar-refractivity contribution < 1.29 is 37.7 Å². The lowest BCUT2D eigenvalue weighted by molar-refractivity contribution is -0.118. The second-order valence-electron chi connectivity index (χ2n) is 14.3. The van der Waals surface area contributed by atoms with Crippen molar-refractivity contribution in [2.24, 2.45) is 5.92 Å². The van der Waals surface area contributed by atoms with Crippen LogP contribution in [0.1, 0.15) is 58.6 Å². The van der Waals surface area contributed by atoms with Crippen molar-refractivity contribution in [3.8, 4) is 11.6 Å². The molecule has 13 nitrogen and oxygen atoms in total. The molecular weight excluding hydrogens is 599 g/mol. The van der Waals surface area contributed by atoms with E-state index < -0.39 is 28.9 Å². The Labute approximate surface area is 267 Å². The Bertz CT molecular complexity index is 1540. The van der Waals surface area contributed by atoms with Crippen LogP contribution in [-0.2, 0) is 27.1 Å². The maximum atomic E-state index is 15.2. The first-order valence-corrected chi connectivity index (χ1v) is 15.6. The van der Waals surface area contributed by atoms with E-state index in [2.05, 4.69) is 25.5 Å². The number of hydrogen-bond donors (Lipinski definition) is 2. The number of piperidine rings is 1. The molecule has 0 saturated carbocycles. The topological polar surface area (TPSA) is 144 Å². The van der Waals surface area contributed by atoms with Gasteiger partial charge in [-0.15, -0.1) is 0 Å². The molecule has 1 unspecified atom stereocenters. The maximum Gasteiger partial charge on any atom is 0.416 e. The van der Waals surface area contributed by atoms with E-state index in [0.717, 1.165) is 37.2 Å². The number of halogens is 1. The molecule has 0 radical (unpaired) electrons. The van der Waals surface area contributed by atoms with Crippen molar-refractivity contribution in [3.05, 3.63) is 35.3 Å². The summed E-state index contributed by atoms with van der Waals surface area (Å²) in [6.07, 6.45) is 3.13. The van der Waals surface area contributed by atoms with Crippen molar-refractivity contribution in [1.29, 1.82) is 0 Å². The Morgan fingerprint density at radius 3 is 2.67 bits per heavy atom. The van der Waals surface area contributed by atoms with Crippen LogP contribution in [0.3, 0.4) is 0 Å². The third-order valence-corrected chi connectivity index (χ3v) is 8.56. The summed E-state index contributed by atoms with van der Waals surface area (Å²) in [6.45, 7) is 11.7. The molecule has 1 aromatic heterocycles. The number of carbonyl (C=O) groups excluding carboxylic acids is 3. The highest BCUT2D eigenvalue weighted by Crippen LogP contribution is 2.38. The molecule has 2 saturated heterocycles. The lowest BCUT2D eigenvalue weighted by atomic mass is 9.90. The molecule has 6 rings (SSSR count). The van der Waals surface area contributed by atoms with Crippen LogP contribution < -0.4 is 25.0 Å². The smallest absolute Gasteiger partial charge is 0.416 e. The SMILES string of the molecule is CC(C)(COc1cc(F)c2c(c1)CC(CN1CCC3(CC1)CN(c1cnc4c(n1)NC(=O)CO4)C(=O)O3)C2)NC(=O)OC(C)(C)C. The minimum atomic E-state index is -0.725. The van der Waals surface area contributed by atoms with Crippen LogP contribution in [0.4, 0.5) is 25.6 Å². The van der Waals surface area contributed by atoms with Gasteiger partial charge in [-0.05, 0) is 70.6 Å². The lowest BCUT2D eigenvalue weighted by Gasteiger charge is -2.38. The number of nitrogens with one attached hydrogen (secondary N) is 2. The highest BCUT2D eigenvalue weighted by Gasteiger charge is 2.48. The molecule has 2 aromatic rings. The van der Waals surface area contributed by atoms with Crippen LogP contribution in [-0.4, -0.2) is 89.1 Å². The number of benzene rings is 1. The molecule has 1 aliphatic carbocycles. The molecular formula is C32H41FN6O7. The van der Waals surface area contributed by atoms with Crippen LogP contribution >= 0.6 is 0 Å². The zero-order valence-corrected chi connectivity index (χ0v) is 26.9. The van der Waals surface area contributed by atoms with Crippen LogP contribution in [0, 0.1) is 11.7 Å². The molecule has 2 N–H and O–H groups in total. The predicted molar refractivity (Wildman–Crippen MR) is 165 cm³/mol. The Hall–Kier alpha value is -4.20. The summed E-state index contributed by atoms with van der Waals surface area (Å²) in [6, 6.07) is 3.32. The summed E-state index contributed by atoms with van der Waals surface area (Å²) in [4.78, 5) is 49.1. The van der Waals surface area contributed by atoms with Gasteiger partial charge < -0.3 is 34.5 Å². The third-order valence-electron chi connectivity index (χ3n) is 8.56. The summed E-state index contributed by atoms with van der Waals surface area (Å²) < 4.78 is 37.6. The van der Waals surface area contributed by atoms with Crippen molar-refractivity contribution >= 4 is 29.7 Å². The zero-order chi connectivity index (χ0) is 32.9. The highest BCUT2D eigenvalue weighted by atomic mass is 19.1. The Morgan fingerprint density at radius 2 is 1.93 bits per heavy atom. The van der Waals surface area contributed by atoms with Gasteiger partial charge in [0.25, 0.3) is 11.8 Å². The molecule has 4 aliphatic rings. The van der Waals surface area contributed by atoms with E-state index in [9.17, 15) is 14.4 Å². The first kappa shape index (κ1) is 31.8. The number of anilines is 2. The molecule has 14 heteroatoms. The van der Waals surface area contributed by atoms with E-state index in [1.54, 1.807) is 20.8 Å². The number of carbonyl (C=O) groups is 3. The van der Waals surface area contributed by atoms with Gasteiger partial charge in [-0.3, -0.25) is 9.69 Å². The minimum absolute atomic E-state index is 0.126. The maximum absolute atomic E-state index is 15.2. The Balaban J connectivity index is 1.00. The molecule has 2 fully saturated rings. The molecule has 4 heterocycles. The van der Waals surface area contributed by atoms with Crippen molar-refractivity contribution in [2.45, 2.75) is 77.0 Å². The van der Waals surface area contributed by atoms with Crippen molar-refractivity contribution in [1.82, 2.24) is 20.2 Å². The van der Waals surface area contributed by atoms with Crippen molar-refractivity contribution in [2.75, 3.05) is 49.6 Å². The average Bonchev–Trinajstić information content (AvgIpc) is 3.52. The van der Waals surface area contributed by atoms with E-state index in [-0.39, 0.29) is 42.6 Å². The Morgan fingerprint density at radius 1 is 1.17 bits per heavy atom. The Kier molecular flexibility index (Phi) is 8.20. The third kappa shape index (κ3) is 7.11. The molecule has 1 atom stereocenters. The minimum Gasteiger partial charge on any atom is -0.491 e. The second-order valence-corrected chi connectivity index (χ2v) is 14.3. The monoisotopic (exact) mass is 640 g/mol. The standard InChI is InChI=1S/C32H41FN6O7/c1-30(2,3)45-28(41)37-31(4,5)18-44-21-12-20-10-19(11-22(20)23(33)13-21)15-38-8-6-32(7-9-38)17-39(29(42)46-32)24-14-34-27-26(35-24)36-25(40)16-43-27/h12-14,19H,6-11,15-18H2,1-5H3,(H,37,41)(H,35,36,40). The fraction of sp³-hybridized carbons (Fsp3) is 0.594. The number of aromatic nitrogens is 2. The van der Waals surface area contributed by atoms with Crippen molar-refractivity contribution in [3.63, 3.8) is 0 Å². The first-order chi connectivity index (χ1) is 21.7. The van der Waals surface area contributed by atoms with Gasteiger partial charge in [-0.25, -0.2) is 23.9 Å². The number of alkyl carbamates (subject to hydrolysis) is 1. The summed E-state index contributed by atoms with van der Waals surface area (Å²) in [5, 5.41) is 5.42. The largest absolute Gasteiger partial charge is 0.491 e. The average molecular weight is 641 g/mol. The number of nitrogens with zero attached hydrogens (tertiary/aromatic N) is 4. The lowest BCUT2D eigenvalue weighted by Crippen LogP contribution is -2.49. The predicted octanol–water partition coefficient (Wildman–Crippen LogP) is 3.83. The van der Waals surface area contributed by atoms with Gasteiger partial charge in [0.15, 0.2) is 18.2 Å². The van der Waals surface area contributed by atoms with Crippen LogP contribution in [0.25, 0.3) is 0 Å². The zero-order valence-electron chi connectivity index (χ0n) is 26.9. The fourth-order valence-electron chi connectivity index (χ4n) is 6.40. The highest BCUT2D eigenvalue weighted by molar-refractivity contribution is 5.94. The van der Waals surface area contributed by atoms with E-state index in [1.807, 2.05) is 19.9 Å². The first-order valence-electron chi connectivity index (χ1n) is 15.6. The van der Waals surface area contributed by atoms with E-state index in [1.165, 1.54) is 17.2 Å². The van der Waals surface area contributed by atoms with Gasteiger partial charge in [0.2, 0.25) is 0 Å². The van der Waals surface area contributed by atoms with Gasteiger partial charge in [0.1, 0.15) is 29.4 Å². The molecule has 1 aromatic carbocycles. The molecule has 248 valence electrons.